The SMILES string of the molecule is COc1cc(C)c(-c2cc(=O)[nH]c(C(C)C)n2)cc1C. The summed E-state index contributed by atoms with van der Waals surface area (Å²) in [6.45, 7) is 8.00. The average molecular weight is 272 g/mol. The van der Waals surface area contributed by atoms with Crippen LogP contribution in [0, 0.1) is 13.8 Å². The highest BCUT2D eigenvalue weighted by atomic mass is 16.5. The zero-order valence-corrected chi connectivity index (χ0v) is 12.6. The van der Waals surface area contributed by atoms with Gasteiger partial charge in [-0.05, 0) is 37.1 Å². The van der Waals surface area contributed by atoms with E-state index in [4.69, 9.17) is 4.74 Å². The number of aryl methyl sites for hydroxylation is 2. The molecule has 20 heavy (non-hydrogen) atoms. The van der Waals surface area contributed by atoms with Crippen LogP contribution in [0.4, 0.5) is 0 Å². The van der Waals surface area contributed by atoms with E-state index in [0.717, 1.165) is 22.4 Å². The van der Waals surface area contributed by atoms with Crippen molar-refractivity contribution in [3.8, 4) is 17.0 Å². The van der Waals surface area contributed by atoms with Crippen molar-refractivity contribution >= 4 is 0 Å². The number of methoxy groups -OCH3 is 1. The zero-order chi connectivity index (χ0) is 14.9. The molecule has 106 valence electrons. The molecule has 0 atom stereocenters. The minimum atomic E-state index is -0.119. The number of benzene rings is 1. The number of nitrogens with one attached hydrogen (secondary N) is 1. The van der Waals surface area contributed by atoms with Crippen molar-refractivity contribution in [2.75, 3.05) is 7.11 Å². The van der Waals surface area contributed by atoms with Crippen LogP contribution in [0.5, 0.6) is 5.75 Å². The molecule has 2 aromatic rings. The van der Waals surface area contributed by atoms with Gasteiger partial charge in [-0.15, -0.1) is 0 Å². The summed E-state index contributed by atoms with van der Waals surface area (Å²) in [5.41, 5.74) is 3.63. The van der Waals surface area contributed by atoms with Gasteiger partial charge in [0.15, 0.2) is 0 Å². The topological polar surface area (TPSA) is 55.0 Å². The Hall–Kier alpha value is -2.10. The highest BCUT2D eigenvalue weighted by Gasteiger charge is 2.11. The number of ether oxygens (including phenoxy) is 1. The van der Waals surface area contributed by atoms with Gasteiger partial charge in [-0.3, -0.25) is 4.79 Å². The molecule has 0 radical (unpaired) electrons. The third-order valence-electron chi connectivity index (χ3n) is 3.32. The van der Waals surface area contributed by atoms with Gasteiger partial charge in [-0.1, -0.05) is 13.8 Å². The molecule has 1 heterocycles. The van der Waals surface area contributed by atoms with Crippen LogP contribution in [0.1, 0.15) is 36.7 Å². The van der Waals surface area contributed by atoms with E-state index in [-0.39, 0.29) is 11.5 Å². The van der Waals surface area contributed by atoms with Crippen LogP contribution in [0.25, 0.3) is 11.3 Å². The molecule has 4 nitrogen and oxygen atoms in total. The van der Waals surface area contributed by atoms with Gasteiger partial charge in [-0.2, -0.15) is 0 Å². The van der Waals surface area contributed by atoms with Crippen LogP contribution in [0.15, 0.2) is 23.0 Å². The van der Waals surface area contributed by atoms with Gasteiger partial charge in [0.2, 0.25) is 0 Å². The molecule has 1 aromatic heterocycles. The van der Waals surface area contributed by atoms with E-state index in [1.807, 2.05) is 39.8 Å². The first-order valence-corrected chi connectivity index (χ1v) is 6.69. The van der Waals surface area contributed by atoms with Crippen molar-refractivity contribution in [2.24, 2.45) is 0 Å². The van der Waals surface area contributed by atoms with Crippen LogP contribution in [0.3, 0.4) is 0 Å². The smallest absolute Gasteiger partial charge is 0.251 e. The first-order chi connectivity index (χ1) is 9.42. The molecule has 0 fully saturated rings. The third kappa shape index (κ3) is 2.74. The number of hydrogen-bond donors (Lipinski definition) is 1. The maximum Gasteiger partial charge on any atom is 0.251 e. The summed E-state index contributed by atoms with van der Waals surface area (Å²) < 4.78 is 5.31. The summed E-state index contributed by atoms with van der Waals surface area (Å²) in [5.74, 6) is 1.74. The minimum absolute atomic E-state index is 0.119. The van der Waals surface area contributed by atoms with E-state index in [0.29, 0.717) is 11.5 Å². The summed E-state index contributed by atoms with van der Waals surface area (Å²) in [6.07, 6.45) is 0. The molecule has 0 spiro atoms. The van der Waals surface area contributed by atoms with E-state index < -0.39 is 0 Å². The van der Waals surface area contributed by atoms with E-state index in [1.165, 1.54) is 0 Å². The second-order valence-electron chi connectivity index (χ2n) is 5.31. The van der Waals surface area contributed by atoms with Crippen molar-refractivity contribution < 1.29 is 4.74 Å². The highest BCUT2D eigenvalue weighted by Crippen LogP contribution is 2.28. The summed E-state index contributed by atoms with van der Waals surface area (Å²) in [6, 6.07) is 5.53. The number of aromatic amines is 1. The Labute approximate surface area is 118 Å². The van der Waals surface area contributed by atoms with Crippen molar-refractivity contribution in [2.45, 2.75) is 33.6 Å². The monoisotopic (exact) mass is 272 g/mol. The zero-order valence-electron chi connectivity index (χ0n) is 12.6. The van der Waals surface area contributed by atoms with Gasteiger partial charge in [0.25, 0.3) is 5.56 Å². The predicted octanol–water partition coefficient (Wildman–Crippen LogP) is 3.19. The van der Waals surface area contributed by atoms with E-state index in [1.54, 1.807) is 13.2 Å². The molecule has 1 aromatic carbocycles. The molecule has 0 saturated carbocycles. The lowest BCUT2D eigenvalue weighted by molar-refractivity contribution is 0.411. The second kappa shape index (κ2) is 5.49. The number of rotatable bonds is 3. The fourth-order valence-corrected chi connectivity index (χ4v) is 2.17. The van der Waals surface area contributed by atoms with Gasteiger partial charge >= 0.3 is 0 Å². The minimum Gasteiger partial charge on any atom is -0.496 e. The Morgan fingerprint density at radius 2 is 1.85 bits per heavy atom. The number of aromatic nitrogens is 2. The maximum absolute atomic E-state index is 11.8. The molecule has 1 N–H and O–H groups in total. The fraction of sp³-hybridized carbons (Fsp3) is 0.375. The molecule has 4 heteroatoms. The molecule has 0 aliphatic heterocycles. The quantitative estimate of drug-likeness (QED) is 0.933. The molecule has 2 rings (SSSR count). The molecule has 0 unspecified atom stereocenters. The summed E-state index contributed by atoms with van der Waals surface area (Å²) in [4.78, 5) is 19.1. The van der Waals surface area contributed by atoms with E-state index in [2.05, 4.69) is 9.97 Å². The molecule has 0 bridgehead atoms. The summed E-state index contributed by atoms with van der Waals surface area (Å²) in [7, 11) is 1.66. The van der Waals surface area contributed by atoms with E-state index >= 15 is 0 Å². The van der Waals surface area contributed by atoms with Crippen LogP contribution in [-0.4, -0.2) is 17.1 Å². The predicted molar refractivity (Wildman–Crippen MR) is 80.4 cm³/mol. The summed E-state index contributed by atoms with van der Waals surface area (Å²) >= 11 is 0. The largest absolute Gasteiger partial charge is 0.496 e. The Kier molecular flexibility index (Phi) is 3.93. The maximum atomic E-state index is 11.8. The van der Waals surface area contributed by atoms with Crippen molar-refractivity contribution in [3.63, 3.8) is 0 Å². The average Bonchev–Trinajstić information content (AvgIpc) is 2.40. The molecular weight excluding hydrogens is 252 g/mol. The lowest BCUT2D eigenvalue weighted by atomic mass is 10.0. The Balaban J connectivity index is 2.62. The van der Waals surface area contributed by atoms with Crippen molar-refractivity contribution in [1.29, 1.82) is 0 Å². The van der Waals surface area contributed by atoms with Gasteiger partial charge in [0.1, 0.15) is 11.6 Å². The third-order valence-corrected chi connectivity index (χ3v) is 3.32. The first-order valence-electron chi connectivity index (χ1n) is 6.69. The van der Waals surface area contributed by atoms with Crippen molar-refractivity contribution in [3.05, 3.63) is 45.5 Å². The molecule has 0 amide bonds. The molecule has 0 aliphatic rings. The lowest BCUT2D eigenvalue weighted by Crippen LogP contribution is -2.12. The fourth-order valence-electron chi connectivity index (χ4n) is 2.17. The van der Waals surface area contributed by atoms with Crippen LogP contribution < -0.4 is 10.3 Å². The molecule has 0 saturated heterocycles. The molecule has 0 aliphatic carbocycles. The van der Waals surface area contributed by atoms with Gasteiger partial charge in [-0.25, -0.2) is 4.98 Å². The highest BCUT2D eigenvalue weighted by molar-refractivity contribution is 5.66. The van der Waals surface area contributed by atoms with E-state index in [9.17, 15) is 4.79 Å². The van der Waals surface area contributed by atoms with Gasteiger partial charge in [0, 0.05) is 17.5 Å². The number of H-pyrrole nitrogens is 1. The van der Waals surface area contributed by atoms with Crippen molar-refractivity contribution in [1.82, 2.24) is 9.97 Å². The second-order valence-corrected chi connectivity index (χ2v) is 5.31. The van der Waals surface area contributed by atoms with Crippen LogP contribution in [0.2, 0.25) is 0 Å². The Morgan fingerprint density at radius 1 is 1.15 bits per heavy atom. The van der Waals surface area contributed by atoms with Crippen LogP contribution in [-0.2, 0) is 0 Å². The van der Waals surface area contributed by atoms with Gasteiger partial charge < -0.3 is 9.72 Å². The standard InChI is InChI=1S/C16H20N2O2/c1-9(2)16-17-13(8-15(19)18-16)12-6-11(4)14(20-5)7-10(12)3/h6-9H,1-5H3,(H,17,18,19). The first kappa shape index (κ1) is 14.3. The molecular formula is C16H20N2O2. The lowest BCUT2D eigenvalue weighted by Gasteiger charge is -2.12. The Bertz CT molecular complexity index is 687. The number of hydrogen-bond acceptors (Lipinski definition) is 3. The summed E-state index contributed by atoms with van der Waals surface area (Å²) in [5, 5.41) is 0. The Morgan fingerprint density at radius 3 is 2.45 bits per heavy atom. The van der Waals surface area contributed by atoms with Crippen LogP contribution >= 0.6 is 0 Å². The number of nitrogens with zero attached hydrogens (tertiary/aromatic N) is 1. The normalized spacial score (nSPS) is 10.9. The van der Waals surface area contributed by atoms with Gasteiger partial charge in [0.05, 0.1) is 12.8 Å².